The van der Waals surface area contributed by atoms with Gasteiger partial charge in [0.25, 0.3) is 0 Å². The number of nitrogens with one attached hydrogen (secondary N) is 3. The minimum Gasteiger partial charge on any atom is -0.326 e. The molecule has 2 amide bonds. The monoisotopic (exact) mass is 263 g/mol. The number of rotatable bonds is 6. The van der Waals surface area contributed by atoms with E-state index in [2.05, 4.69) is 16.0 Å². The highest BCUT2D eigenvalue weighted by Crippen LogP contribution is 2.20. The van der Waals surface area contributed by atoms with E-state index in [1.807, 2.05) is 19.1 Å². The first-order valence-electron chi connectivity index (χ1n) is 6.41. The van der Waals surface area contributed by atoms with Crippen molar-refractivity contribution in [2.75, 3.05) is 24.2 Å². The Kier molecular flexibility index (Phi) is 6.02. The van der Waals surface area contributed by atoms with Gasteiger partial charge in [0, 0.05) is 30.8 Å². The van der Waals surface area contributed by atoms with Gasteiger partial charge < -0.3 is 16.0 Å². The Hall–Kier alpha value is -1.88. The van der Waals surface area contributed by atoms with Gasteiger partial charge in [-0.3, -0.25) is 9.59 Å². The van der Waals surface area contributed by atoms with Crippen LogP contribution in [0.3, 0.4) is 0 Å². The lowest BCUT2D eigenvalue weighted by Gasteiger charge is -2.11. The molecule has 3 N–H and O–H groups in total. The minimum atomic E-state index is -0.0451. The third-order valence-corrected chi connectivity index (χ3v) is 2.72. The molecule has 0 radical (unpaired) electrons. The first kappa shape index (κ1) is 15.2. The Morgan fingerprint density at radius 2 is 1.89 bits per heavy atom. The molecule has 19 heavy (non-hydrogen) atoms. The molecule has 0 bridgehead atoms. The molecule has 1 aromatic rings. The van der Waals surface area contributed by atoms with Gasteiger partial charge >= 0.3 is 0 Å². The van der Waals surface area contributed by atoms with E-state index in [-0.39, 0.29) is 11.8 Å². The van der Waals surface area contributed by atoms with Crippen LogP contribution < -0.4 is 16.0 Å². The van der Waals surface area contributed by atoms with E-state index in [0.717, 1.165) is 11.3 Å². The van der Waals surface area contributed by atoms with Gasteiger partial charge in [-0.05, 0) is 31.7 Å². The van der Waals surface area contributed by atoms with E-state index in [0.29, 0.717) is 25.1 Å². The summed E-state index contributed by atoms with van der Waals surface area (Å²) in [7, 11) is 1.80. The van der Waals surface area contributed by atoms with E-state index in [4.69, 9.17) is 0 Å². The lowest BCUT2D eigenvalue weighted by molar-refractivity contribution is -0.116. The average Bonchev–Trinajstić information content (AvgIpc) is 2.40. The Bertz CT molecular complexity index is 458. The molecule has 0 unspecified atom stereocenters. The molecular formula is C14H21N3O2. The van der Waals surface area contributed by atoms with Crippen molar-refractivity contribution in [3.8, 4) is 0 Å². The van der Waals surface area contributed by atoms with E-state index in [1.54, 1.807) is 20.0 Å². The Labute approximate surface area is 113 Å². The van der Waals surface area contributed by atoms with Crippen molar-refractivity contribution in [3.05, 3.63) is 23.8 Å². The number of carbonyl (C=O) groups is 2. The number of hydrogen-bond acceptors (Lipinski definition) is 3. The maximum Gasteiger partial charge on any atom is 0.225 e. The molecule has 0 spiro atoms. The lowest BCUT2D eigenvalue weighted by atomic mass is 10.1. The van der Waals surface area contributed by atoms with Crippen LogP contribution in [0.5, 0.6) is 0 Å². The molecule has 1 rings (SSSR count). The smallest absolute Gasteiger partial charge is 0.225 e. The SMILES string of the molecule is CCC(=O)Nc1ccc(C)c(NC(=O)CCNC)c1. The fourth-order valence-corrected chi connectivity index (χ4v) is 1.54. The zero-order chi connectivity index (χ0) is 14.3. The van der Waals surface area contributed by atoms with Crippen molar-refractivity contribution in [1.29, 1.82) is 0 Å². The quantitative estimate of drug-likeness (QED) is 0.734. The molecule has 0 aromatic heterocycles. The highest BCUT2D eigenvalue weighted by Gasteiger charge is 2.06. The maximum absolute atomic E-state index is 11.7. The van der Waals surface area contributed by atoms with Crippen LogP contribution in [0.4, 0.5) is 11.4 Å². The van der Waals surface area contributed by atoms with Gasteiger partial charge in [0.05, 0.1) is 0 Å². The first-order valence-corrected chi connectivity index (χ1v) is 6.41. The third-order valence-electron chi connectivity index (χ3n) is 2.72. The molecule has 0 heterocycles. The predicted octanol–water partition coefficient (Wildman–Crippen LogP) is 1.89. The molecule has 0 saturated carbocycles. The maximum atomic E-state index is 11.7. The van der Waals surface area contributed by atoms with Crippen molar-refractivity contribution in [2.45, 2.75) is 26.7 Å². The second kappa shape index (κ2) is 7.53. The number of anilines is 2. The van der Waals surface area contributed by atoms with Crippen LogP contribution in [0.1, 0.15) is 25.3 Å². The Morgan fingerprint density at radius 1 is 1.16 bits per heavy atom. The molecule has 104 valence electrons. The summed E-state index contributed by atoms with van der Waals surface area (Å²) < 4.78 is 0. The molecule has 0 aliphatic heterocycles. The standard InChI is InChI=1S/C14H21N3O2/c1-4-13(18)16-11-6-5-10(2)12(9-11)17-14(19)7-8-15-3/h5-6,9,15H,4,7-8H2,1-3H3,(H,16,18)(H,17,19). The average molecular weight is 263 g/mol. The van der Waals surface area contributed by atoms with Crippen LogP contribution in [-0.4, -0.2) is 25.4 Å². The van der Waals surface area contributed by atoms with Gasteiger partial charge in [0.2, 0.25) is 11.8 Å². The highest BCUT2D eigenvalue weighted by molar-refractivity contribution is 5.94. The molecule has 0 aliphatic rings. The third kappa shape index (κ3) is 5.09. The second-order valence-corrected chi connectivity index (χ2v) is 4.33. The number of hydrogen-bond donors (Lipinski definition) is 3. The second-order valence-electron chi connectivity index (χ2n) is 4.33. The van der Waals surface area contributed by atoms with Gasteiger partial charge in [-0.2, -0.15) is 0 Å². The van der Waals surface area contributed by atoms with E-state index in [1.165, 1.54) is 0 Å². The van der Waals surface area contributed by atoms with Crippen LogP contribution in [0, 0.1) is 6.92 Å². The summed E-state index contributed by atoms with van der Waals surface area (Å²) in [5, 5.41) is 8.55. The highest BCUT2D eigenvalue weighted by atomic mass is 16.2. The van der Waals surface area contributed by atoms with Gasteiger partial charge in [0.1, 0.15) is 0 Å². The summed E-state index contributed by atoms with van der Waals surface area (Å²) >= 11 is 0. The van der Waals surface area contributed by atoms with Gasteiger partial charge in [-0.1, -0.05) is 13.0 Å². The van der Waals surface area contributed by atoms with Crippen LogP contribution in [0.2, 0.25) is 0 Å². The Balaban J connectivity index is 2.74. The summed E-state index contributed by atoms with van der Waals surface area (Å²) in [6.07, 6.45) is 0.846. The molecule has 5 heteroatoms. The fraction of sp³-hybridized carbons (Fsp3) is 0.429. The summed E-state index contributed by atoms with van der Waals surface area (Å²) in [6.45, 7) is 4.35. The number of carbonyl (C=O) groups excluding carboxylic acids is 2. The zero-order valence-corrected chi connectivity index (χ0v) is 11.7. The lowest BCUT2D eigenvalue weighted by Crippen LogP contribution is -2.19. The van der Waals surface area contributed by atoms with Crippen molar-refractivity contribution >= 4 is 23.2 Å². The molecular weight excluding hydrogens is 242 g/mol. The summed E-state index contributed by atoms with van der Waals surface area (Å²) in [5.74, 6) is -0.0901. The van der Waals surface area contributed by atoms with Gasteiger partial charge in [0.15, 0.2) is 0 Å². The molecule has 0 atom stereocenters. The van der Waals surface area contributed by atoms with Crippen molar-refractivity contribution < 1.29 is 9.59 Å². The summed E-state index contributed by atoms with van der Waals surface area (Å²) in [4.78, 5) is 23.0. The molecule has 1 aromatic carbocycles. The van der Waals surface area contributed by atoms with Crippen molar-refractivity contribution in [2.24, 2.45) is 0 Å². The van der Waals surface area contributed by atoms with Crippen LogP contribution in [-0.2, 0) is 9.59 Å². The van der Waals surface area contributed by atoms with Crippen LogP contribution in [0.15, 0.2) is 18.2 Å². The first-order chi connectivity index (χ1) is 9.06. The zero-order valence-electron chi connectivity index (χ0n) is 11.7. The number of benzene rings is 1. The minimum absolute atomic E-state index is 0.0450. The largest absolute Gasteiger partial charge is 0.326 e. The van der Waals surface area contributed by atoms with Gasteiger partial charge in [-0.15, -0.1) is 0 Å². The summed E-state index contributed by atoms with van der Waals surface area (Å²) in [5.41, 5.74) is 2.39. The molecule has 0 aliphatic carbocycles. The van der Waals surface area contributed by atoms with Gasteiger partial charge in [-0.25, -0.2) is 0 Å². The predicted molar refractivity (Wildman–Crippen MR) is 77.3 cm³/mol. The van der Waals surface area contributed by atoms with Crippen molar-refractivity contribution in [1.82, 2.24) is 5.32 Å². The molecule has 0 saturated heterocycles. The molecule has 0 fully saturated rings. The van der Waals surface area contributed by atoms with Crippen molar-refractivity contribution in [3.63, 3.8) is 0 Å². The van der Waals surface area contributed by atoms with E-state index in [9.17, 15) is 9.59 Å². The van der Waals surface area contributed by atoms with E-state index >= 15 is 0 Å². The van der Waals surface area contributed by atoms with Crippen LogP contribution in [0.25, 0.3) is 0 Å². The normalized spacial score (nSPS) is 10.1. The Morgan fingerprint density at radius 3 is 2.53 bits per heavy atom. The summed E-state index contributed by atoms with van der Waals surface area (Å²) in [6, 6.07) is 5.48. The number of amides is 2. The molecule has 5 nitrogen and oxygen atoms in total. The fourth-order valence-electron chi connectivity index (χ4n) is 1.54. The van der Waals surface area contributed by atoms with Crippen LogP contribution >= 0.6 is 0 Å². The number of aryl methyl sites for hydroxylation is 1. The topological polar surface area (TPSA) is 70.2 Å². The van der Waals surface area contributed by atoms with E-state index < -0.39 is 0 Å².